The Bertz CT molecular complexity index is 480. The minimum Gasteiger partial charge on any atom is -0.467 e. The van der Waals surface area contributed by atoms with Gasteiger partial charge >= 0.3 is 5.97 Å². The Morgan fingerprint density at radius 1 is 1.61 bits per heavy atom. The number of carbonyl (C=O) groups excluding carboxylic acids is 1. The van der Waals surface area contributed by atoms with Crippen LogP contribution in [0.1, 0.15) is 19.5 Å². The van der Waals surface area contributed by atoms with Crippen molar-refractivity contribution < 1.29 is 9.53 Å². The molecule has 1 rings (SSSR count). The number of carbonyl (C=O) groups is 1. The third-order valence-electron chi connectivity index (χ3n) is 2.24. The Morgan fingerprint density at radius 3 is 2.94 bits per heavy atom. The summed E-state index contributed by atoms with van der Waals surface area (Å²) >= 11 is 0. The number of nitrogens with zero attached hydrogens (tertiary/aromatic N) is 4. The maximum absolute atomic E-state index is 11.5. The van der Waals surface area contributed by atoms with E-state index in [2.05, 4.69) is 25.1 Å². The van der Waals surface area contributed by atoms with Gasteiger partial charge in [0.25, 0.3) is 0 Å². The Balaban J connectivity index is 2.84. The maximum atomic E-state index is 11.5. The highest BCUT2D eigenvalue weighted by molar-refractivity contribution is 5.83. The molecule has 0 amide bonds. The zero-order valence-corrected chi connectivity index (χ0v) is 10.5. The molecule has 96 valence electrons. The predicted octanol–water partition coefficient (Wildman–Crippen LogP) is 2.26. The fraction of sp³-hybridized carbons (Fsp3) is 0.455. The molecule has 0 aromatic carbocycles. The van der Waals surface area contributed by atoms with E-state index >= 15 is 0 Å². The summed E-state index contributed by atoms with van der Waals surface area (Å²) in [6, 6.07) is 5.24. The fourth-order valence-corrected chi connectivity index (χ4v) is 1.37. The Labute approximate surface area is 105 Å². The normalized spacial score (nSPS) is 10.4. The van der Waals surface area contributed by atoms with Gasteiger partial charge in [-0.15, -0.1) is 0 Å². The molecule has 0 aliphatic heterocycles. The largest absolute Gasteiger partial charge is 0.467 e. The van der Waals surface area contributed by atoms with E-state index in [4.69, 9.17) is 5.53 Å². The highest BCUT2D eigenvalue weighted by Gasteiger charge is 2.28. The first-order valence-electron chi connectivity index (χ1n) is 5.33. The van der Waals surface area contributed by atoms with Crippen molar-refractivity contribution in [3.8, 4) is 0 Å². The second-order valence-corrected chi connectivity index (χ2v) is 4.14. The number of anilines is 1. The van der Waals surface area contributed by atoms with Crippen LogP contribution in [0.4, 0.5) is 5.82 Å². The molecule has 0 saturated heterocycles. The van der Waals surface area contributed by atoms with Crippen molar-refractivity contribution in [2.45, 2.75) is 25.9 Å². The molecule has 0 aliphatic carbocycles. The molecule has 0 spiro atoms. The second kappa shape index (κ2) is 5.88. The van der Waals surface area contributed by atoms with Crippen LogP contribution < -0.4 is 5.32 Å². The molecular formula is C11H15N5O2. The van der Waals surface area contributed by atoms with E-state index in [1.54, 1.807) is 32.0 Å². The van der Waals surface area contributed by atoms with Crippen molar-refractivity contribution in [2.24, 2.45) is 5.11 Å². The fourth-order valence-electron chi connectivity index (χ4n) is 1.37. The Kier molecular flexibility index (Phi) is 4.51. The number of pyridine rings is 1. The quantitative estimate of drug-likeness (QED) is 0.374. The van der Waals surface area contributed by atoms with Crippen molar-refractivity contribution in [3.63, 3.8) is 0 Å². The third-order valence-corrected chi connectivity index (χ3v) is 2.24. The van der Waals surface area contributed by atoms with Gasteiger partial charge in [-0.25, -0.2) is 9.78 Å². The minimum atomic E-state index is -0.876. The monoisotopic (exact) mass is 249 g/mol. The smallest absolute Gasteiger partial charge is 0.330 e. The van der Waals surface area contributed by atoms with E-state index in [-0.39, 0.29) is 12.5 Å². The van der Waals surface area contributed by atoms with Crippen molar-refractivity contribution in [1.29, 1.82) is 0 Å². The summed E-state index contributed by atoms with van der Waals surface area (Å²) in [5.41, 5.74) is 7.99. The number of azide groups is 1. The van der Waals surface area contributed by atoms with Crippen molar-refractivity contribution in [1.82, 2.24) is 4.98 Å². The lowest BCUT2D eigenvalue weighted by Crippen LogP contribution is -2.41. The molecular weight excluding hydrogens is 234 g/mol. The molecule has 7 heteroatoms. The van der Waals surface area contributed by atoms with Crippen molar-refractivity contribution in [3.05, 3.63) is 34.3 Å². The molecule has 1 N–H and O–H groups in total. The molecule has 0 saturated carbocycles. The predicted molar refractivity (Wildman–Crippen MR) is 66.8 cm³/mol. The molecule has 0 fully saturated rings. The number of esters is 1. The van der Waals surface area contributed by atoms with E-state index in [9.17, 15) is 4.79 Å². The van der Waals surface area contributed by atoms with Crippen LogP contribution in [0, 0.1) is 0 Å². The van der Waals surface area contributed by atoms with Crippen LogP contribution in [0.15, 0.2) is 23.3 Å². The molecule has 0 radical (unpaired) electrons. The van der Waals surface area contributed by atoms with Crippen LogP contribution >= 0.6 is 0 Å². The molecule has 0 bridgehead atoms. The first kappa shape index (κ1) is 13.8. The van der Waals surface area contributed by atoms with Gasteiger partial charge in [-0.1, -0.05) is 11.2 Å². The van der Waals surface area contributed by atoms with Gasteiger partial charge in [-0.3, -0.25) is 0 Å². The SMILES string of the molecule is COC(=O)C(C)(C)Nc1cccc(CN=[N+]=[N-])n1. The number of methoxy groups -OCH3 is 1. The highest BCUT2D eigenvalue weighted by atomic mass is 16.5. The van der Waals surface area contributed by atoms with Crippen LogP contribution in [0.3, 0.4) is 0 Å². The number of ether oxygens (including phenoxy) is 1. The van der Waals surface area contributed by atoms with E-state index in [0.717, 1.165) is 0 Å². The molecule has 0 atom stereocenters. The average molecular weight is 249 g/mol. The van der Waals surface area contributed by atoms with E-state index < -0.39 is 5.54 Å². The molecule has 7 nitrogen and oxygen atoms in total. The Hall–Kier alpha value is -2.27. The van der Waals surface area contributed by atoms with Gasteiger partial charge in [0.15, 0.2) is 0 Å². The van der Waals surface area contributed by atoms with Crippen LogP contribution in [0.2, 0.25) is 0 Å². The number of hydrogen-bond donors (Lipinski definition) is 1. The summed E-state index contributed by atoms with van der Waals surface area (Å²) in [6.07, 6.45) is 0. The Morgan fingerprint density at radius 2 is 2.33 bits per heavy atom. The van der Waals surface area contributed by atoms with Crippen LogP contribution in [0.25, 0.3) is 10.4 Å². The van der Waals surface area contributed by atoms with E-state index in [1.165, 1.54) is 7.11 Å². The summed E-state index contributed by atoms with van der Waals surface area (Å²) in [6.45, 7) is 3.56. The number of rotatable bonds is 5. The summed E-state index contributed by atoms with van der Waals surface area (Å²) in [5.74, 6) is 0.140. The molecule has 18 heavy (non-hydrogen) atoms. The zero-order chi connectivity index (χ0) is 13.6. The third kappa shape index (κ3) is 3.64. The summed E-state index contributed by atoms with van der Waals surface area (Å²) in [5, 5.41) is 6.39. The van der Waals surface area contributed by atoms with Gasteiger partial charge in [0.2, 0.25) is 0 Å². The van der Waals surface area contributed by atoms with Gasteiger partial charge < -0.3 is 10.1 Å². The zero-order valence-electron chi connectivity index (χ0n) is 10.5. The lowest BCUT2D eigenvalue weighted by Gasteiger charge is -2.23. The summed E-state index contributed by atoms with van der Waals surface area (Å²) in [7, 11) is 1.33. The molecule has 1 heterocycles. The van der Waals surface area contributed by atoms with E-state index in [1.807, 2.05) is 0 Å². The second-order valence-electron chi connectivity index (χ2n) is 4.14. The molecule has 0 aliphatic rings. The lowest BCUT2D eigenvalue weighted by atomic mass is 10.1. The number of nitrogens with one attached hydrogen (secondary N) is 1. The topological polar surface area (TPSA) is 100.0 Å². The van der Waals surface area contributed by atoms with Gasteiger partial charge in [0.1, 0.15) is 11.4 Å². The average Bonchev–Trinajstić information content (AvgIpc) is 2.35. The number of hydrogen-bond acceptors (Lipinski definition) is 5. The summed E-state index contributed by atoms with van der Waals surface area (Å²) < 4.78 is 4.69. The molecule has 1 aromatic heterocycles. The van der Waals surface area contributed by atoms with Gasteiger partial charge in [0, 0.05) is 10.6 Å². The van der Waals surface area contributed by atoms with Crippen LogP contribution in [0.5, 0.6) is 0 Å². The van der Waals surface area contributed by atoms with Crippen LogP contribution in [-0.2, 0) is 16.1 Å². The molecule has 1 aromatic rings. The van der Waals surface area contributed by atoms with Gasteiger partial charge in [-0.2, -0.15) is 0 Å². The van der Waals surface area contributed by atoms with Crippen molar-refractivity contribution >= 4 is 11.8 Å². The van der Waals surface area contributed by atoms with Crippen LogP contribution in [-0.4, -0.2) is 23.6 Å². The minimum absolute atomic E-state index is 0.171. The standard InChI is InChI=1S/C11H15N5O2/c1-11(2,10(17)18-3)15-9-6-4-5-8(14-9)7-13-16-12/h4-6H,7H2,1-3H3,(H,14,15). The molecule has 0 unspecified atom stereocenters. The van der Waals surface area contributed by atoms with Gasteiger partial charge in [0.05, 0.1) is 13.7 Å². The van der Waals surface area contributed by atoms with Gasteiger partial charge in [-0.05, 0) is 31.5 Å². The first-order chi connectivity index (χ1) is 8.49. The lowest BCUT2D eigenvalue weighted by molar-refractivity contribution is -0.144. The van der Waals surface area contributed by atoms with Crippen molar-refractivity contribution in [2.75, 3.05) is 12.4 Å². The first-order valence-corrected chi connectivity index (χ1v) is 5.33. The van der Waals surface area contributed by atoms with E-state index in [0.29, 0.717) is 11.5 Å². The maximum Gasteiger partial charge on any atom is 0.330 e. The summed E-state index contributed by atoms with van der Waals surface area (Å²) in [4.78, 5) is 18.4. The highest BCUT2D eigenvalue weighted by Crippen LogP contribution is 2.15. The number of aromatic nitrogens is 1.